The van der Waals surface area contributed by atoms with Gasteiger partial charge in [0, 0.05) is 5.56 Å². The van der Waals surface area contributed by atoms with Crippen LogP contribution in [-0.4, -0.2) is 22.8 Å². The molecule has 0 fully saturated rings. The van der Waals surface area contributed by atoms with Crippen LogP contribution in [0.15, 0.2) is 59.0 Å². The monoisotopic (exact) mass is 304 g/mol. The highest BCUT2D eigenvalue weighted by Gasteiger charge is 2.18. The van der Waals surface area contributed by atoms with E-state index in [0.717, 1.165) is 5.56 Å². The van der Waals surface area contributed by atoms with E-state index in [0.29, 0.717) is 17.0 Å². The predicted octanol–water partition coefficient (Wildman–Crippen LogP) is 3.19. The van der Waals surface area contributed by atoms with E-state index in [2.05, 4.69) is 16.1 Å². The van der Waals surface area contributed by atoms with E-state index < -0.39 is 5.97 Å². The minimum Gasteiger partial charge on any atom is -0.449 e. The summed E-state index contributed by atoms with van der Waals surface area (Å²) < 4.78 is 10.6. The van der Waals surface area contributed by atoms with Crippen molar-refractivity contribution in [2.24, 2.45) is 0 Å². The number of hydrogen-bond donors (Lipinski definition) is 0. The molecule has 3 aromatic rings. The first-order chi connectivity index (χ1) is 11.3. The highest BCUT2D eigenvalue weighted by Crippen LogP contribution is 2.26. The quantitative estimate of drug-likeness (QED) is 0.547. The van der Waals surface area contributed by atoms with Crippen LogP contribution in [-0.2, 0) is 4.74 Å². The molecule has 0 spiro atoms. The van der Waals surface area contributed by atoms with E-state index in [1.807, 2.05) is 30.3 Å². The fraction of sp³-hybridized carbons (Fsp3) is 0.0556. The van der Waals surface area contributed by atoms with Crippen molar-refractivity contribution >= 4 is 5.97 Å². The van der Waals surface area contributed by atoms with Crippen LogP contribution in [0.3, 0.4) is 0 Å². The number of aromatic nitrogens is 2. The number of hydrogen-bond acceptors (Lipinski definition) is 5. The fourth-order valence-electron chi connectivity index (χ4n) is 2.06. The van der Waals surface area contributed by atoms with E-state index in [4.69, 9.17) is 15.6 Å². The van der Waals surface area contributed by atoms with Gasteiger partial charge in [-0.3, -0.25) is 0 Å². The number of benzene rings is 2. The normalized spacial score (nSPS) is 10.0. The summed E-state index contributed by atoms with van der Waals surface area (Å²) >= 11 is 0. The third-order valence-corrected chi connectivity index (χ3v) is 3.11. The smallest absolute Gasteiger partial charge is 0.339 e. The van der Waals surface area contributed by atoms with Crippen LogP contribution in [0, 0.1) is 12.3 Å². The molecule has 5 heteroatoms. The lowest BCUT2D eigenvalue weighted by molar-refractivity contribution is 0.0557. The molecular weight excluding hydrogens is 292 g/mol. The van der Waals surface area contributed by atoms with Gasteiger partial charge >= 0.3 is 5.97 Å². The minimum absolute atomic E-state index is 0.0910. The van der Waals surface area contributed by atoms with Gasteiger partial charge in [-0.05, 0) is 24.3 Å². The van der Waals surface area contributed by atoms with Gasteiger partial charge in [-0.2, -0.15) is 0 Å². The number of ether oxygens (including phenoxy) is 1. The molecule has 0 aliphatic carbocycles. The maximum Gasteiger partial charge on any atom is 0.339 e. The van der Waals surface area contributed by atoms with Gasteiger partial charge in [-0.1, -0.05) is 36.3 Å². The van der Waals surface area contributed by atoms with Crippen LogP contribution in [0.25, 0.3) is 22.9 Å². The first-order valence-electron chi connectivity index (χ1n) is 6.88. The summed E-state index contributed by atoms with van der Waals surface area (Å²) in [6.45, 7) is -0.0910. The van der Waals surface area contributed by atoms with Gasteiger partial charge in [0.25, 0.3) is 0 Å². The second kappa shape index (κ2) is 6.58. The Bertz CT molecular complexity index is 863. The molecule has 2 aromatic carbocycles. The Balaban J connectivity index is 1.96. The number of rotatable bonds is 4. The Morgan fingerprint density at radius 2 is 1.74 bits per heavy atom. The lowest BCUT2D eigenvalue weighted by Crippen LogP contribution is -2.07. The summed E-state index contributed by atoms with van der Waals surface area (Å²) in [5.41, 5.74) is 1.63. The van der Waals surface area contributed by atoms with Gasteiger partial charge in [-0.25, -0.2) is 4.79 Å². The van der Waals surface area contributed by atoms with Crippen LogP contribution in [0.4, 0.5) is 0 Å². The second-order valence-corrected chi connectivity index (χ2v) is 4.60. The van der Waals surface area contributed by atoms with Gasteiger partial charge in [-0.15, -0.1) is 16.6 Å². The standard InChI is InChI=1S/C18H12N2O3/c1-2-12-22-18(21)15-11-7-6-10-14(15)17-20-19-16(23-17)13-8-4-3-5-9-13/h1,3-11H,12H2. The van der Waals surface area contributed by atoms with Gasteiger partial charge in [0.1, 0.15) is 0 Å². The topological polar surface area (TPSA) is 65.2 Å². The molecule has 0 unspecified atom stereocenters. The first kappa shape index (κ1) is 14.5. The van der Waals surface area contributed by atoms with Crippen molar-refractivity contribution in [1.29, 1.82) is 0 Å². The first-order valence-corrected chi connectivity index (χ1v) is 6.88. The Hall–Kier alpha value is -3.39. The highest BCUT2D eigenvalue weighted by molar-refractivity contribution is 5.96. The predicted molar refractivity (Wildman–Crippen MR) is 84.3 cm³/mol. The summed E-state index contributed by atoms with van der Waals surface area (Å²) in [6, 6.07) is 16.2. The number of carbonyl (C=O) groups excluding carboxylic acids is 1. The van der Waals surface area contributed by atoms with Crippen LogP contribution < -0.4 is 0 Å². The molecule has 112 valence electrons. The maximum atomic E-state index is 12.1. The minimum atomic E-state index is -0.530. The molecule has 0 N–H and O–H groups in total. The zero-order valence-electron chi connectivity index (χ0n) is 12.1. The molecule has 3 rings (SSSR count). The molecule has 23 heavy (non-hydrogen) atoms. The number of carbonyl (C=O) groups is 1. The Labute approximate surface area is 132 Å². The van der Waals surface area contributed by atoms with Crippen LogP contribution >= 0.6 is 0 Å². The average molecular weight is 304 g/mol. The van der Waals surface area contributed by atoms with E-state index >= 15 is 0 Å². The average Bonchev–Trinajstić information content (AvgIpc) is 3.10. The molecule has 0 radical (unpaired) electrons. The molecule has 0 amide bonds. The second-order valence-electron chi connectivity index (χ2n) is 4.60. The molecule has 0 aliphatic heterocycles. The molecule has 1 heterocycles. The molecule has 1 aromatic heterocycles. The molecule has 0 aliphatic rings. The third kappa shape index (κ3) is 3.11. The number of terminal acetylenes is 1. The Morgan fingerprint density at radius 1 is 1.04 bits per heavy atom. The fourth-order valence-corrected chi connectivity index (χ4v) is 2.06. The molecule has 0 bridgehead atoms. The summed E-state index contributed by atoms with van der Waals surface area (Å²) in [5.74, 6) is 2.36. The molecule has 0 saturated heterocycles. The van der Waals surface area contributed by atoms with Crippen molar-refractivity contribution in [2.75, 3.05) is 6.61 Å². The van der Waals surface area contributed by atoms with E-state index in [1.165, 1.54) is 0 Å². The lowest BCUT2D eigenvalue weighted by atomic mass is 10.1. The van der Waals surface area contributed by atoms with Gasteiger partial charge in [0.2, 0.25) is 11.8 Å². The van der Waals surface area contributed by atoms with Gasteiger partial charge in [0.15, 0.2) is 6.61 Å². The Kier molecular flexibility index (Phi) is 4.16. The zero-order chi connectivity index (χ0) is 16.1. The van der Waals surface area contributed by atoms with Crippen LogP contribution in [0.1, 0.15) is 10.4 Å². The molecule has 0 atom stereocenters. The SMILES string of the molecule is C#CCOC(=O)c1ccccc1-c1nnc(-c2ccccc2)o1. The van der Waals surface area contributed by atoms with Crippen molar-refractivity contribution in [3.05, 3.63) is 60.2 Å². The summed E-state index contributed by atoms with van der Waals surface area (Å²) in [7, 11) is 0. The zero-order valence-corrected chi connectivity index (χ0v) is 12.1. The third-order valence-electron chi connectivity index (χ3n) is 3.11. The lowest BCUT2D eigenvalue weighted by Gasteiger charge is -2.04. The summed E-state index contributed by atoms with van der Waals surface area (Å²) in [6.07, 6.45) is 5.10. The van der Waals surface area contributed by atoms with Crippen molar-refractivity contribution in [2.45, 2.75) is 0 Å². The number of nitrogens with zero attached hydrogens (tertiary/aromatic N) is 2. The van der Waals surface area contributed by atoms with E-state index in [-0.39, 0.29) is 12.5 Å². The van der Waals surface area contributed by atoms with Crippen molar-refractivity contribution in [1.82, 2.24) is 10.2 Å². The van der Waals surface area contributed by atoms with Crippen LogP contribution in [0.2, 0.25) is 0 Å². The van der Waals surface area contributed by atoms with Crippen molar-refractivity contribution in [3.8, 4) is 35.3 Å². The summed E-state index contributed by atoms with van der Waals surface area (Å²) in [5, 5.41) is 8.05. The molecule has 0 saturated carbocycles. The van der Waals surface area contributed by atoms with Crippen molar-refractivity contribution < 1.29 is 13.9 Å². The largest absolute Gasteiger partial charge is 0.449 e. The molecular formula is C18H12N2O3. The van der Waals surface area contributed by atoms with Gasteiger partial charge in [0.05, 0.1) is 11.1 Å². The summed E-state index contributed by atoms with van der Waals surface area (Å²) in [4.78, 5) is 12.1. The maximum absolute atomic E-state index is 12.1. The number of esters is 1. The van der Waals surface area contributed by atoms with Gasteiger partial charge < -0.3 is 9.15 Å². The van der Waals surface area contributed by atoms with E-state index in [9.17, 15) is 4.79 Å². The highest BCUT2D eigenvalue weighted by atomic mass is 16.5. The van der Waals surface area contributed by atoms with Crippen molar-refractivity contribution in [3.63, 3.8) is 0 Å². The molecule has 5 nitrogen and oxygen atoms in total. The van der Waals surface area contributed by atoms with E-state index in [1.54, 1.807) is 24.3 Å². The van der Waals surface area contributed by atoms with Crippen LogP contribution in [0.5, 0.6) is 0 Å². The Morgan fingerprint density at radius 3 is 2.52 bits per heavy atom.